The highest BCUT2D eigenvalue weighted by atomic mass is 35.5. The van der Waals surface area contributed by atoms with E-state index in [4.69, 9.17) is 0 Å². The Bertz CT molecular complexity index is 470. The number of hydrogen-bond acceptors (Lipinski definition) is 3. The summed E-state index contributed by atoms with van der Waals surface area (Å²) in [7, 11) is 0. The maximum atomic E-state index is 12.3. The van der Waals surface area contributed by atoms with Gasteiger partial charge in [-0.15, -0.1) is 24.8 Å². The van der Waals surface area contributed by atoms with Gasteiger partial charge in [-0.25, -0.2) is 0 Å². The summed E-state index contributed by atoms with van der Waals surface area (Å²) in [5.74, 6) is 0.782. The summed E-state index contributed by atoms with van der Waals surface area (Å²) in [6.45, 7) is 1.91. The summed E-state index contributed by atoms with van der Waals surface area (Å²) >= 11 is 0. The Kier molecular flexibility index (Phi) is 6.91. The third-order valence-electron chi connectivity index (χ3n) is 4.44. The van der Waals surface area contributed by atoms with Crippen LogP contribution in [-0.2, 0) is 4.79 Å². The fourth-order valence-corrected chi connectivity index (χ4v) is 3.36. The number of aromatic nitrogens is 1. The molecule has 0 spiro atoms. The maximum Gasteiger partial charge on any atom is 0.241 e. The molecule has 1 saturated carbocycles. The molecule has 6 heteroatoms. The first-order chi connectivity index (χ1) is 9.24. The summed E-state index contributed by atoms with van der Waals surface area (Å²) in [6.07, 6.45) is 7.83. The van der Waals surface area contributed by atoms with E-state index in [9.17, 15) is 4.79 Å². The topological polar surface area (TPSA) is 54.0 Å². The lowest BCUT2D eigenvalue weighted by molar-refractivity contribution is -0.117. The van der Waals surface area contributed by atoms with Gasteiger partial charge >= 0.3 is 0 Å². The van der Waals surface area contributed by atoms with Crippen LogP contribution in [0.25, 0.3) is 0 Å². The van der Waals surface area contributed by atoms with Crippen LogP contribution in [0.3, 0.4) is 0 Å². The van der Waals surface area contributed by atoms with Crippen molar-refractivity contribution >= 4 is 36.4 Å². The van der Waals surface area contributed by atoms with E-state index in [-0.39, 0.29) is 36.8 Å². The summed E-state index contributed by atoms with van der Waals surface area (Å²) in [6, 6.07) is 4.28. The van der Waals surface area contributed by atoms with Crippen molar-refractivity contribution < 1.29 is 4.79 Å². The highest BCUT2D eigenvalue weighted by Crippen LogP contribution is 2.33. The maximum absolute atomic E-state index is 12.3. The van der Waals surface area contributed by atoms with Crippen LogP contribution in [0, 0.1) is 12.8 Å². The molecule has 1 aromatic rings. The van der Waals surface area contributed by atoms with Crippen LogP contribution in [0.15, 0.2) is 18.3 Å². The summed E-state index contributed by atoms with van der Waals surface area (Å²) in [4.78, 5) is 16.5. The Morgan fingerprint density at radius 2 is 2.10 bits per heavy atom. The molecule has 1 saturated heterocycles. The summed E-state index contributed by atoms with van der Waals surface area (Å²) < 4.78 is 0. The number of nitrogens with one attached hydrogen (secondary N) is 2. The number of aryl methyl sites for hydroxylation is 1. The Labute approximate surface area is 138 Å². The number of fused-ring (bicyclic) bond motifs is 1. The number of halogens is 2. The fourth-order valence-electron chi connectivity index (χ4n) is 3.36. The smallest absolute Gasteiger partial charge is 0.241 e. The molecule has 2 N–H and O–H groups in total. The number of carbonyl (C=O) groups excluding carboxylic acids is 1. The molecule has 2 fully saturated rings. The number of nitrogens with zero attached hydrogens (tertiary/aromatic N) is 1. The first-order valence-corrected chi connectivity index (χ1v) is 7.22. The normalized spacial score (nSPS) is 27.0. The van der Waals surface area contributed by atoms with Crippen LogP contribution in [0.1, 0.15) is 37.8 Å². The van der Waals surface area contributed by atoms with Crippen LogP contribution >= 0.6 is 24.8 Å². The van der Waals surface area contributed by atoms with Gasteiger partial charge in [-0.1, -0.05) is 12.8 Å². The molecule has 4 nitrogen and oxygen atoms in total. The van der Waals surface area contributed by atoms with Crippen molar-refractivity contribution in [2.45, 2.75) is 51.1 Å². The minimum absolute atomic E-state index is 0. The predicted octanol–water partition coefficient (Wildman–Crippen LogP) is 3.09. The van der Waals surface area contributed by atoms with Crippen molar-refractivity contribution in [2.75, 3.05) is 5.32 Å². The number of pyridine rings is 1. The van der Waals surface area contributed by atoms with Gasteiger partial charge in [0.2, 0.25) is 5.91 Å². The highest BCUT2D eigenvalue weighted by molar-refractivity contribution is 5.95. The molecule has 118 valence electrons. The molecular weight excluding hydrogens is 309 g/mol. The minimum atomic E-state index is -0.0345. The Hall–Kier alpha value is -0.840. The SMILES string of the molecule is Cc1ncccc1NC(=O)C1CC2CCCCC2N1.Cl.Cl. The number of amides is 1. The second kappa shape index (κ2) is 7.97. The number of carbonyl (C=O) groups is 1. The zero-order chi connectivity index (χ0) is 13.2. The predicted molar refractivity (Wildman–Crippen MR) is 89.4 cm³/mol. The van der Waals surface area contributed by atoms with Gasteiger partial charge in [0.15, 0.2) is 0 Å². The first kappa shape index (κ1) is 18.2. The largest absolute Gasteiger partial charge is 0.323 e. The molecule has 3 atom stereocenters. The molecule has 2 heterocycles. The summed E-state index contributed by atoms with van der Waals surface area (Å²) in [5, 5.41) is 6.50. The molecule has 1 aliphatic heterocycles. The van der Waals surface area contributed by atoms with Gasteiger partial charge in [-0.05, 0) is 44.2 Å². The second-order valence-electron chi connectivity index (χ2n) is 5.73. The van der Waals surface area contributed by atoms with Crippen molar-refractivity contribution in [2.24, 2.45) is 5.92 Å². The number of rotatable bonds is 2. The second-order valence-corrected chi connectivity index (χ2v) is 5.73. The molecule has 21 heavy (non-hydrogen) atoms. The van der Waals surface area contributed by atoms with Crippen molar-refractivity contribution in [3.8, 4) is 0 Å². The van der Waals surface area contributed by atoms with Crippen LogP contribution in [0.5, 0.6) is 0 Å². The third-order valence-corrected chi connectivity index (χ3v) is 4.44. The van der Waals surface area contributed by atoms with Crippen molar-refractivity contribution in [3.63, 3.8) is 0 Å². The Morgan fingerprint density at radius 1 is 1.33 bits per heavy atom. The number of anilines is 1. The van der Waals surface area contributed by atoms with E-state index in [1.54, 1.807) is 6.20 Å². The molecular formula is C15H23Cl2N3O. The van der Waals surface area contributed by atoms with E-state index in [1.807, 2.05) is 19.1 Å². The number of hydrogen-bond donors (Lipinski definition) is 2. The molecule has 1 aromatic heterocycles. The Balaban J connectivity index is 0.00000110. The van der Waals surface area contributed by atoms with Gasteiger partial charge < -0.3 is 10.6 Å². The van der Waals surface area contributed by atoms with E-state index in [0.29, 0.717) is 12.0 Å². The fraction of sp³-hybridized carbons (Fsp3) is 0.600. The van der Waals surface area contributed by atoms with Gasteiger partial charge in [0.25, 0.3) is 0 Å². The lowest BCUT2D eigenvalue weighted by Gasteiger charge is -2.24. The molecule has 0 aromatic carbocycles. The molecule has 2 aliphatic rings. The molecule has 3 rings (SSSR count). The average Bonchev–Trinajstić information content (AvgIpc) is 2.85. The van der Waals surface area contributed by atoms with Gasteiger partial charge in [-0.2, -0.15) is 0 Å². The monoisotopic (exact) mass is 331 g/mol. The lowest BCUT2D eigenvalue weighted by atomic mass is 9.85. The van der Waals surface area contributed by atoms with E-state index in [2.05, 4.69) is 15.6 Å². The van der Waals surface area contributed by atoms with Gasteiger partial charge in [0, 0.05) is 12.2 Å². The minimum Gasteiger partial charge on any atom is -0.323 e. The average molecular weight is 332 g/mol. The molecule has 0 bridgehead atoms. The van der Waals surface area contributed by atoms with Gasteiger partial charge in [-0.3, -0.25) is 9.78 Å². The van der Waals surface area contributed by atoms with E-state index < -0.39 is 0 Å². The van der Waals surface area contributed by atoms with Crippen LogP contribution in [-0.4, -0.2) is 23.0 Å². The van der Waals surface area contributed by atoms with Crippen molar-refractivity contribution in [3.05, 3.63) is 24.0 Å². The van der Waals surface area contributed by atoms with Gasteiger partial charge in [0.1, 0.15) is 0 Å². The first-order valence-electron chi connectivity index (χ1n) is 7.22. The molecule has 0 radical (unpaired) electrons. The van der Waals surface area contributed by atoms with E-state index >= 15 is 0 Å². The zero-order valence-electron chi connectivity index (χ0n) is 12.2. The highest BCUT2D eigenvalue weighted by Gasteiger charge is 2.38. The quantitative estimate of drug-likeness (QED) is 0.875. The van der Waals surface area contributed by atoms with Gasteiger partial charge in [0.05, 0.1) is 17.4 Å². The van der Waals surface area contributed by atoms with Crippen LogP contribution in [0.4, 0.5) is 5.69 Å². The van der Waals surface area contributed by atoms with Crippen LogP contribution < -0.4 is 10.6 Å². The molecule has 1 amide bonds. The van der Waals surface area contributed by atoms with Crippen molar-refractivity contribution in [1.29, 1.82) is 0 Å². The zero-order valence-corrected chi connectivity index (χ0v) is 13.8. The third kappa shape index (κ3) is 4.09. The van der Waals surface area contributed by atoms with Crippen molar-refractivity contribution in [1.82, 2.24) is 10.3 Å². The molecule has 1 aliphatic carbocycles. The summed E-state index contributed by atoms with van der Waals surface area (Å²) in [5.41, 5.74) is 1.69. The Morgan fingerprint density at radius 3 is 2.81 bits per heavy atom. The van der Waals surface area contributed by atoms with E-state index in [0.717, 1.165) is 17.8 Å². The lowest BCUT2D eigenvalue weighted by Crippen LogP contribution is -2.40. The van der Waals surface area contributed by atoms with E-state index in [1.165, 1.54) is 25.7 Å². The van der Waals surface area contributed by atoms with Crippen LogP contribution in [0.2, 0.25) is 0 Å². The molecule has 3 unspecified atom stereocenters. The standard InChI is InChI=1S/C15H21N3O.2ClH/c1-10-12(7-4-8-16-10)18-15(19)14-9-11-5-2-3-6-13(11)17-14;;/h4,7-8,11,13-14,17H,2-3,5-6,9H2,1H3,(H,18,19);2*1H.